The Hall–Kier alpha value is -2.21. The number of carbonyl (C=O) groups excluding carboxylic acids is 2. The Balaban J connectivity index is 1.54. The Morgan fingerprint density at radius 3 is 2.78 bits per heavy atom. The van der Waals surface area contributed by atoms with Crippen LogP contribution in [0.4, 0.5) is 10.1 Å². The second kappa shape index (κ2) is 6.91. The molecule has 0 saturated carbocycles. The fourth-order valence-electron chi connectivity index (χ4n) is 2.66. The SMILES string of the molecule is O=C(NCCc1cccs1)C1CC(=O)N(c2ccc(F)cc2)C1. The van der Waals surface area contributed by atoms with Gasteiger partial charge in [0, 0.05) is 30.1 Å². The van der Waals surface area contributed by atoms with Crippen molar-refractivity contribution in [3.63, 3.8) is 0 Å². The van der Waals surface area contributed by atoms with E-state index >= 15 is 0 Å². The number of hydrogen-bond donors (Lipinski definition) is 1. The van der Waals surface area contributed by atoms with Crippen molar-refractivity contribution in [2.24, 2.45) is 5.92 Å². The van der Waals surface area contributed by atoms with Gasteiger partial charge in [0.1, 0.15) is 5.82 Å². The van der Waals surface area contributed by atoms with Crippen LogP contribution < -0.4 is 10.2 Å². The summed E-state index contributed by atoms with van der Waals surface area (Å²) in [5, 5.41) is 4.90. The van der Waals surface area contributed by atoms with Gasteiger partial charge in [0.05, 0.1) is 5.92 Å². The molecule has 1 aromatic carbocycles. The smallest absolute Gasteiger partial charge is 0.227 e. The molecule has 0 aliphatic carbocycles. The van der Waals surface area contributed by atoms with Gasteiger partial charge < -0.3 is 10.2 Å². The maximum absolute atomic E-state index is 13.0. The average Bonchev–Trinajstić information content (AvgIpc) is 3.18. The number of hydrogen-bond acceptors (Lipinski definition) is 3. The number of benzene rings is 1. The van der Waals surface area contributed by atoms with Gasteiger partial charge in [-0.1, -0.05) is 6.07 Å². The van der Waals surface area contributed by atoms with Gasteiger partial charge in [-0.15, -0.1) is 11.3 Å². The van der Waals surface area contributed by atoms with Crippen LogP contribution in [0.5, 0.6) is 0 Å². The summed E-state index contributed by atoms with van der Waals surface area (Å²) in [6.45, 7) is 0.913. The minimum atomic E-state index is -0.351. The van der Waals surface area contributed by atoms with Crippen molar-refractivity contribution in [3.8, 4) is 0 Å². The lowest BCUT2D eigenvalue weighted by molar-refractivity contribution is -0.126. The molecule has 2 aromatic rings. The first kappa shape index (κ1) is 15.7. The van der Waals surface area contributed by atoms with Crippen LogP contribution in [0.1, 0.15) is 11.3 Å². The number of anilines is 1. The van der Waals surface area contributed by atoms with Gasteiger partial charge in [-0.3, -0.25) is 9.59 Å². The summed E-state index contributed by atoms with van der Waals surface area (Å²) in [5.41, 5.74) is 0.630. The zero-order chi connectivity index (χ0) is 16.2. The van der Waals surface area contributed by atoms with E-state index in [4.69, 9.17) is 0 Å². The molecule has 1 aliphatic rings. The van der Waals surface area contributed by atoms with Crippen LogP contribution in [-0.2, 0) is 16.0 Å². The van der Waals surface area contributed by atoms with Gasteiger partial charge in [-0.25, -0.2) is 4.39 Å². The average molecular weight is 332 g/mol. The second-order valence-corrected chi connectivity index (χ2v) is 6.53. The van der Waals surface area contributed by atoms with Gasteiger partial charge in [0.15, 0.2) is 0 Å². The fourth-order valence-corrected chi connectivity index (χ4v) is 3.37. The molecular formula is C17H17FN2O2S. The molecule has 1 saturated heterocycles. The molecule has 0 bridgehead atoms. The fraction of sp³-hybridized carbons (Fsp3) is 0.294. The summed E-state index contributed by atoms with van der Waals surface area (Å²) in [6.07, 6.45) is 0.994. The third-order valence-electron chi connectivity index (χ3n) is 3.88. The van der Waals surface area contributed by atoms with Crippen LogP contribution >= 0.6 is 11.3 Å². The van der Waals surface area contributed by atoms with Crippen LogP contribution in [0.15, 0.2) is 41.8 Å². The molecule has 120 valence electrons. The van der Waals surface area contributed by atoms with E-state index in [9.17, 15) is 14.0 Å². The first-order valence-corrected chi connectivity index (χ1v) is 8.37. The van der Waals surface area contributed by atoms with Gasteiger partial charge in [-0.05, 0) is 42.1 Å². The standard InChI is InChI=1S/C17H17FN2O2S/c18-13-3-5-14(6-4-13)20-11-12(10-16(20)21)17(22)19-8-7-15-2-1-9-23-15/h1-6,9,12H,7-8,10-11H2,(H,19,22). The van der Waals surface area contributed by atoms with Crippen molar-refractivity contribution in [2.45, 2.75) is 12.8 Å². The van der Waals surface area contributed by atoms with Crippen molar-refractivity contribution in [1.29, 1.82) is 0 Å². The molecule has 4 nitrogen and oxygen atoms in total. The number of halogens is 1. The minimum Gasteiger partial charge on any atom is -0.355 e. The van der Waals surface area contributed by atoms with Gasteiger partial charge in [0.2, 0.25) is 11.8 Å². The van der Waals surface area contributed by atoms with Gasteiger partial charge in [-0.2, -0.15) is 0 Å². The zero-order valence-corrected chi connectivity index (χ0v) is 13.3. The third kappa shape index (κ3) is 3.76. The van der Waals surface area contributed by atoms with Crippen molar-refractivity contribution < 1.29 is 14.0 Å². The molecule has 1 atom stereocenters. The number of carbonyl (C=O) groups is 2. The number of nitrogens with one attached hydrogen (secondary N) is 1. The van der Waals surface area contributed by atoms with E-state index in [1.165, 1.54) is 17.0 Å². The van der Waals surface area contributed by atoms with Crippen LogP contribution in [0.25, 0.3) is 0 Å². The summed E-state index contributed by atoms with van der Waals surface area (Å²) in [5.74, 6) is -0.895. The highest BCUT2D eigenvalue weighted by Gasteiger charge is 2.34. The minimum absolute atomic E-state index is 0.0977. The monoisotopic (exact) mass is 332 g/mol. The Morgan fingerprint density at radius 1 is 1.30 bits per heavy atom. The van der Waals surface area contributed by atoms with E-state index in [1.807, 2.05) is 17.5 Å². The van der Waals surface area contributed by atoms with Crippen LogP contribution in [-0.4, -0.2) is 24.9 Å². The number of amides is 2. The molecule has 1 fully saturated rings. The molecular weight excluding hydrogens is 315 g/mol. The normalized spacial score (nSPS) is 17.5. The number of rotatable bonds is 5. The Labute approximate surface area is 137 Å². The maximum Gasteiger partial charge on any atom is 0.227 e. The van der Waals surface area contributed by atoms with E-state index in [0.29, 0.717) is 18.8 Å². The molecule has 1 unspecified atom stereocenters. The Kier molecular flexibility index (Phi) is 4.71. The van der Waals surface area contributed by atoms with Crippen molar-refractivity contribution in [1.82, 2.24) is 5.32 Å². The highest BCUT2D eigenvalue weighted by atomic mass is 32.1. The lowest BCUT2D eigenvalue weighted by Gasteiger charge is -2.16. The largest absolute Gasteiger partial charge is 0.355 e. The molecule has 2 amide bonds. The second-order valence-electron chi connectivity index (χ2n) is 5.50. The molecule has 0 radical (unpaired) electrons. The highest BCUT2D eigenvalue weighted by Crippen LogP contribution is 2.25. The topological polar surface area (TPSA) is 49.4 Å². The predicted molar refractivity (Wildman–Crippen MR) is 87.9 cm³/mol. The summed E-state index contributed by atoms with van der Waals surface area (Å²) < 4.78 is 13.0. The highest BCUT2D eigenvalue weighted by molar-refractivity contribution is 7.09. The molecule has 0 spiro atoms. The Morgan fingerprint density at radius 2 is 2.09 bits per heavy atom. The quantitative estimate of drug-likeness (QED) is 0.915. The molecule has 1 N–H and O–H groups in total. The summed E-state index contributed by atoms with van der Waals surface area (Å²) >= 11 is 1.66. The van der Waals surface area contributed by atoms with Crippen molar-refractivity contribution in [2.75, 3.05) is 18.0 Å². The van der Waals surface area contributed by atoms with E-state index in [0.717, 1.165) is 6.42 Å². The van der Waals surface area contributed by atoms with Crippen molar-refractivity contribution in [3.05, 3.63) is 52.5 Å². The van der Waals surface area contributed by atoms with E-state index in [1.54, 1.807) is 28.4 Å². The first-order valence-electron chi connectivity index (χ1n) is 7.49. The molecule has 6 heteroatoms. The molecule has 3 rings (SSSR count). The molecule has 2 heterocycles. The van der Waals surface area contributed by atoms with Crippen molar-refractivity contribution >= 4 is 28.8 Å². The van der Waals surface area contributed by atoms with E-state index in [2.05, 4.69) is 5.32 Å². The lowest BCUT2D eigenvalue weighted by Crippen LogP contribution is -2.34. The molecule has 1 aromatic heterocycles. The molecule has 23 heavy (non-hydrogen) atoms. The zero-order valence-electron chi connectivity index (χ0n) is 12.5. The van der Waals surface area contributed by atoms with Gasteiger partial charge >= 0.3 is 0 Å². The van der Waals surface area contributed by atoms with Crippen LogP contribution in [0.3, 0.4) is 0 Å². The summed E-state index contributed by atoms with van der Waals surface area (Å²) in [4.78, 5) is 27.1. The summed E-state index contributed by atoms with van der Waals surface area (Å²) in [6, 6.07) is 9.77. The van der Waals surface area contributed by atoms with Crippen LogP contribution in [0.2, 0.25) is 0 Å². The van der Waals surface area contributed by atoms with E-state index in [-0.39, 0.29) is 30.0 Å². The predicted octanol–water partition coefficient (Wildman–Crippen LogP) is 2.60. The van der Waals surface area contributed by atoms with Crippen LogP contribution in [0, 0.1) is 11.7 Å². The molecule has 1 aliphatic heterocycles. The summed E-state index contributed by atoms with van der Waals surface area (Å²) in [7, 11) is 0. The van der Waals surface area contributed by atoms with E-state index < -0.39 is 0 Å². The number of thiophene rings is 1. The third-order valence-corrected chi connectivity index (χ3v) is 4.82. The Bertz CT molecular complexity index is 685. The maximum atomic E-state index is 13.0. The first-order chi connectivity index (χ1) is 11.1. The lowest BCUT2D eigenvalue weighted by atomic mass is 10.1. The van der Waals surface area contributed by atoms with Gasteiger partial charge in [0.25, 0.3) is 0 Å². The number of nitrogens with zero attached hydrogens (tertiary/aromatic N) is 1.